The van der Waals surface area contributed by atoms with Crippen molar-refractivity contribution in [1.29, 1.82) is 0 Å². The second-order valence-electron chi connectivity index (χ2n) is 5.14. The van der Waals surface area contributed by atoms with Crippen molar-refractivity contribution < 1.29 is 9.53 Å². The third-order valence-corrected chi connectivity index (χ3v) is 4.31. The van der Waals surface area contributed by atoms with Gasteiger partial charge in [-0.3, -0.25) is 4.79 Å². The first kappa shape index (κ1) is 15.8. The number of halogens is 1. The molecule has 1 unspecified atom stereocenters. The van der Waals surface area contributed by atoms with E-state index < -0.39 is 0 Å². The van der Waals surface area contributed by atoms with Gasteiger partial charge in [0, 0.05) is 10.2 Å². The summed E-state index contributed by atoms with van der Waals surface area (Å²) in [7, 11) is 1.42. The number of rotatable bonds is 4. The predicted octanol–water partition coefficient (Wildman–Crippen LogP) is 3.60. The Hall–Kier alpha value is -1.62. The maximum atomic E-state index is 11.6. The first-order valence-corrected chi connectivity index (χ1v) is 7.62. The van der Waals surface area contributed by atoms with Gasteiger partial charge in [-0.2, -0.15) is 5.10 Å². The standard InChI is InChI=1S/C16H19BrN2O2/c1-10(16(20)21-4)9-13-11(2)18-19(12(13)3)15-8-6-5-7-14(15)17/h5-8,10H,9H2,1-4H3. The largest absolute Gasteiger partial charge is 0.469 e. The number of methoxy groups -OCH3 is 1. The van der Waals surface area contributed by atoms with Crippen LogP contribution in [0.15, 0.2) is 28.7 Å². The van der Waals surface area contributed by atoms with Crippen molar-refractivity contribution in [2.45, 2.75) is 27.2 Å². The van der Waals surface area contributed by atoms with Crippen LogP contribution in [0.4, 0.5) is 0 Å². The molecule has 0 saturated carbocycles. The number of aryl methyl sites for hydroxylation is 1. The highest BCUT2D eigenvalue weighted by atomic mass is 79.9. The van der Waals surface area contributed by atoms with Crippen LogP contribution < -0.4 is 0 Å². The van der Waals surface area contributed by atoms with E-state index >= 15 is 0 Å². The Morgan fingerprint density at radius 3 is 2.67 bits per heavy atom. The van der Waals surface area contributed by atoms with E-state index in [4.69, 9.17) is 4.74 Å². The van der Waals surface area contributed by atoms with Crippen molar-refractivity contribution in [3.63, 3.8) is 0 Å². The van der Waals surface area contributed by atoms with Crippen molar-refractivity contribution in [2.75, 3.05) is 7.11 Å². The lowest BCUT2D eigenvalue weighted by molar-refractivity contribution is -0.144. The monoisotopic (exact) mass is 350 g/mol. The van der Waals surface area contributed by atoms with Gasteiger partial charge in [-0.05, 0) is 53.9 Å². The van der Waals surface area contributed by atoms with Gasteiger partial charge in [-0.1, -0.05) is 19.1 Å². The summed E-state index contributed by atoms with van der Waals surface area (Å²) in [6, 6.07) is 7.95. The molecule has 1 atom stereocenters. The lowest BCUT2D eigenvalue weighted by Crippen LogP contribution is -2.15. The Bertz CT molecular complexity index is 664. The van der Waals surface area contributed by atoms with Crippen LogP contribution in [0.2, 0.25) is 0 Å². The number of aromatic nitrogens is 2. The Morgan fingerprint density at radius 1 is 1.38 bits per heavy atom. The van der Waals surface area contributed by atoms with Crippen molar-refractivity contribution in [3.8, 4) is 5.69 Å². The summed E-state index contributed by atoms with van der Waals surface area (Å²) < 4.78 is 7.71. The summed E-state index contributed by atoms with van der Waals surface area (Å²) in [5, 5.41) is 4.61. The van der Waals surface area contributed by atoms with Crippen LogP contribution in [0, 0.1) is 19.8 Å². The van der Waals surface area contributed by atoms with Crippen LogP contribution in [0.3, 0.4) is 0 Å². The van der Waals surface area contributed by atoms with Crippen LogP contribution in [0.1, 0.15) is 23.9 Å². The third kappa shape index (κ3) is 3.18. The van der Waals surface area contributed by atoms with Crippen molar-refractivity contribution >= 4 is 21.9 Å². The Morgan fingerprint density at radius 2 is 2.05 bits per heavy atom. The maximum absolute atomic E-state index is 11.6. The number of hydrogen-bond acceptors (Lipinski definition) is 3. The first-order valence-electron chi connectivity index (χ1n) is 6.83. The highest BCUT2D eigenvalue weighted by Gasteiger charge is 2.20. The molecule has 0 aliphatic heterocycles. The smallest absolute Gasteiger partial charge is 0.308 e. The normalized spacial score (nSPS) is 12.2. The average molecular weight is 351 g/mol. The minimum Gasteiger partial charge on any atom is -0.469 e. The molecule has 1 aromatic heterocycles. The molecule has 1 heterocycles. The molecule has 0 spiro atoms. The van der Waals surface area contributed by atoms with Gasteiger partial charge < -0.3 is 4.74 Å². The van der Waals surface area contributed by atoms with E-state index in [1.165, 1.54) is 7.11 Å². The molecule has 0 fully saturated rings. The number of ether oxygens (including phenoxy) is 1. The molecule has 0 aliphatic carbocycles. The fourth-order valence-electron chi connectivity index (χ4n) is 2.42. The zero-order valence-corrected chi connectivity index (χ0v) is 14.3. The van der Waals surface area contributed by atoms with Crippen LogP contribution >= 0.6 is 15.9 Å². The minimum atomic E-state index is -0.192. The number of carbonyl (C=O) groups excluding carboxylic acids is 1. The molecule has 112 valence electrons. The third-order valence-electron chi connectivity index (χ3n) is 3.64. The lowest BCUT2D eigenvalue weighted by Gasteiger charge is -2.10. The predicted molar refractivity (Wildman–Crippen MR) is 85.6 cm³/mol. The van der Waals surface area contributed by atoms with E-state index in [2.05, 4.69) is 21.0 Å². The van der Waals surface area contributed by atoms with E-state index in [9.17, 15) is 4.79 Å². The van der Waals surface area contributed by atoms with Gasteiger partial charge in [-0.25, -0.2) is 4.68 Å². The molecule has 0 aliphatic rings. The molecular weight excluding hydrogens is 332 g/mol. The fourth-order valence-corrected chi connectivity index (χ4v) is 2.87. The van der Waals surface area contributed by atoms with E-state index in [1.54, 1.807) is 0 Å². The molecule has 0 amide bonds. The van der Waals surface area contributed by atoms with Gasteiger partial charge in [0.25, 0.3) is 0 Å². The summed E-state index contributed by atoms with van der Waals surface area (Å²) in [5.74, 6) is -0.369. The van der Waals surface area contributed by atoms with Crippen LogP contribution in [-0.2, 0) is 16.0 Å². The summed E-state index contributed by atoms with van der Waals surface area (Å²) >= 11 is 3.55. The molecular formula is C16H19BrN2O2. The number of esters is 1. The van der Waals surface area contributed by atoms with E-state index in [0.29, 0.717) is 6.42 Å². The molecule has 0 bridgehead atoms. The molecule has 2 aromatic rings. The summed E-state index contributed by atoms with van der Waals surface area (Å²) in [5.41, 5.74) is 4.09. The Balaban J connectivity index is 2.39. The number of nitrogens with zero attached hydrogens (tertiary/aromatic N) is 2. The number of hydrogen-bond donors (Lipinski definition) is 0. The van der Waals surface area contributed by atoms with Crippen LogP contribution in [-0.4, -0.2) is 22.9 Å². The Labute approximate surface area is 133 Å². The van der Waals surface area contributed by atoms with Crippen molar-refractivity contribution in [2.24, 2.45) is 5.92 Å². The molecule has 5 heteroatoms. The second-order valence-corrected chi connectivity index (χ2v) is 6.00. The summed E-state index contributed by atoms with van der Waals surface area (Å²) in [6.07, 6.45) is 0.634. The highest BCUT2D eigenvalue weighted by Crippen LogP contribution is 2.25. The average Bonchev–Trinajstić information content (AvgIpc) is 2.74. The quantitative estimate of drug-likeness (QED) is 0.791. The molecule has 0 radical (unpaired) electrons. The summed E-state index contributed by atoms with van der Waals surface area (Å²) in [6.45, 7) is 5.87. The van der Waals surface area contributed by atoms with Gasteiger partial charge in [0.15, 0.2) is 0 Å². The molecule has 1 aromatic carbocycles. The lowest BCUT2D eigenvalue weighted by atomic mass is 10.00. The van der Waals surface area contributed by atoms with Gasteiger partial charge >= 0.3 is 5.97 Å². The van der Waals surface area contributed by atoms with Gasteiger partial charge in [0.2, 0.25) is 0 Å². The highest BCUT2D eigenvalue weighted by molar-refractivity contribution is 9.10. The van der Waals surface area contributed by atoms with Gasteiger partial charge in [0.1, 0.15) is 0 Å². The minimum absolute atomic E-state index is 0.177. The SMILES string of the molecule is COC(=O)C(C)Cc1c(C)nn(-c2ccccc2Br)c1C. The molecule has 0 N–H and O–H groups in total. The topological polar surface area (TPSA) is 44.1 Å². The van der Waals surface area contributed by atoms with Crippen molar-refractivity contribution in [3.05, 3.63) is 45.7 Å². The zero-order valence-electron chi connectivity index (χ0n) is 12.7. The molecule has 2 rings (SSSR count). The van der Waals surface area contributed by atoms with Gasteiger partial charge in [0.05, 0.1) is 24.4 Å². The first-order chi connectivity index (χ1) is 9.95. The zero-order chi connectivity index (χ0) is 15.6. The van der Waals surface area contributed by atoms with Gasteiger partial charge in [-0.15, -0.1) is 0 Å². The maximum Gasteiger partial charge on any atom is 0.308 e. The number of para-hydroxylation sites is 1. The fraction of sp³-hybridized carbons (Fsp3) is 0.375. The van der Waals surface area contributed by atoms with Crippen molar-refractivity contribution in [1.82, 2.24) is 9.78 Å². The van der Waals surface area contributed by atoms with E-state index in [-0.39, 0.29) is 11.9 Å². The van der Waals surface area contributed by atoms with Crippen LogP contribution in [0.25, 0.3) is 5.69 Å². The van der Waals surface area contributed by atoms with E-state index in [0.717, 1.165) is 27.1 Å². The molecule has 4 nitrogen and oxygen atoms in total. The Kier molecular flexibility index (Phi) is 4.83. The molecule has 21 heavy (non-hydrogen) atoms. The van der Waals surface area contributed by atoms with Crippen LogP contribution in [0.5, 0.6) is 0 Å². The number of benzene rings is 1. The summed E-state index contributed by atoms with van der Waals surface area (Å²) in [4.78, 5) is 11.6. The molecule has 0 saturated heterocycles. The van der Waals surface area contributed by atoms with E-state index in [1.807, 2.05) is 49.7 Å². The second kappa shape index (κ2) is 6.43. The number of carbonyl (C=O) groups is 1.